The number of pyridine rings is 1. The molecule has 1 aliphatic rings. The monoisotopic (exact) mass is 422 g/mol. The smallest absolute Gasteiger partial charge is 0.242 e. The predicted molar refractivity (Wildman–Crippen MR) is 120 cm³/mol. The van der Waals surface area contributed by atoms with Crippen molar-refractivity contribution in [2.45, 2.75) is 19.5 Å². The minimum Gasteiger partial charge on any atom is -0.497 e. The van der Waals surface area contributed by atoms with Crippen LogP contribution in [0.2, 0.25) is 0 Å². The Kier molecular flexibility index (Phi) is 7.17. The lowest BCUT2D eigenvalue weighted by Gasteiger charge is -2.28. The first-order valence-electron chi connectivity index (χ1n) is 10.8. The van der Waals surface area contributed by atoms with E-state index in [-0.39, 0.29) is 5.91 Å². The van der Waals surface area contributed by atoms with Crippen LogP contribution in [0, 0.1) is 0 Å². The van der Waals surface area contributed by atoms with Crippen LogP contribution in [0.25, 0.3) is 10.9 Å². The fraction of sp³-hybridized carbons (Fsp3) is 0.417. The number of ether oxygens (including phenoxy) is 2. The summed E-state index contributed by atoms with van der Waals surface area (Å²) in [4.78, 5) is 21.8. The maximum absolute atomic E-state index is 13.3. The largest absolute Gasteiger partial charge is 0.497 e. The summed E-state index contributed by atoms with van der Waals surface area (Å²) in [7, 11) is 1.66. The van der Waals surface area contributed by atoms with Crippen LogP contribution >= 0.6 is 0 Å². The van der Waals surface area contributed by atoms with E-state index in [9.17, 15) is 4.79 Å². The van der Waals surface area contributed by atoms with Crippen molar-refractivity contribution >= 4 is 16.8 Å². The molecule has 3 aromatic rings. The van der Waals surface area contributed by atoms with E-state index < -0.39 is 0 Å². The van der Waals surface area contributed by atoms with Crippen molar-refractivity contribution in [2.75, 3.05) is 46.5 Å². The molecule has 1 amide bonds. The van der Waals surface area contributed by atoms with Crippen molar-refractivity contribution in [3.8, 4) is 5.75 Å². The number of hydrogen-bond acceptors (Lipinski definition) is 5. The molecule has 0 unspecified atom stereocenters. The Bertz CT molecular complexity index is 983. The molecule has 0 spiro atoms. The molecule has 7 heteroatoms. The van der Waals surface area contributed by atoms with Crippen LogP contribution in [0.3, 0.4) is 0 Å². The Labute approximate surface area is 183 Å². The van der Waals surface area contributed by atoms with Crippen LogP contribution in [0.4, 0.5) is 0 Å². The third-order valence-electron chi connectivity index (χ3n) is 5.77. The zero-order chi connectivity index (χ0) is 21.5. The fourth-order valence-electron chi connectivity index (χ4n) is 4.00. The summed E-state index contributed by atoms with van der Waals surface area (Å²) in [6, 6.07) is 11.9. The summed E-state index contributed by atoms with van der Waals surface area (Å²) in [5, 5.41) is 1.07. The third kappa shape index (κ3) is 5.62. The second kappa shape index (κ2) is 10.4. The van der Waals surface area contributed by atoms with Crippen molar-refractivity contribution in [3.05, 3.63) is 60.6 Å². The first-order valence-corrected chi connectivity index (χ1v) is 10.8. The minimum atomic E-state index is 0.118. The van der Waals surface area contributed by atoms with Gasteiger partial charge in [-0.05, 0) is 48.4 Å². The highest BCUT2D eigenvalue weighted by atomic mass is 16.5. The summed E-state index contributed by atoms with van der Waals surface area (Å²) in [5.74, 6) is 0.936. The molecule has 4 rings (SSSR count). The summed E-state index contributed by atoms with van der Waals surface area (Å²) < 4.78 is 12.8. The van der Waals surface area contributed by atoms with Gasteiger partial charge in [0.05, 0.1) is 20.3 Å². The lowest BCUT2D eigenvalue weighted by Crippen LogP contribution is -2.39. The molecule has 7 nitrogen and oxygen atoms in total. The van der Waals surface area contributed by atoms with Gasteiger partial charge in [0.2, 0.25) is 5.91 Å². The van der Waals surface area contributed by atoms with Gasteiger partial charge in [-0.3, -0.25) is 14.7 Å². The first kappa shape index (κ1) is 21.3. The number of morpholine rings is 1. The van der Waals surface area contributed by atoms with Gasteiger partial charge in [-0.1, -0.05) is 0 Å². The van der Waals surface area contributed by atoms with E-state index >= 15 is 0 Å². The lowest BCUT2D eigenvalue weighted by atomic mass is 10.2. The Morgan fingerprint density at radius 1 is 1.16 bits per heavy atom. The predicted octanol–water partition coefficient (Wildman–Crippen LogP) is 2.80. The fourth-order valence-corrected chi connectivity index (χ4v) is 4.00. The van der Waals surface area contributed by atoms with Crippen molar-refractivity contribution in [1.29, 1.82) is 0 Å². The van der Waals surface area contributed by atoms with Crippen LogP contribution in [-0.2, 0) is 22.6 Å². The van der Waals surface area contributed by atoms with E-state index in [4.69, 9.17) is 9.47 Å². The lowest BCUT2D eigenvalue weighted by molar-refractivity contribution is -0.132. The molecule has 0 saturated carbocycles. The van der Waals surface area contributed by atoms with E-state index in [1.54, 1.807) is 19.5 Å². The normalized spacial score (nSPS) is 14.6. The third-order valence-corrected chi connectivity index (χ3v) is 5.77. The molecule has 0 radical (unpaired) electrons. The van der Waals surface area contributed by atoms with E-state index in [0.29, 0.717) is 13.1 Å². The van der Waals surface area contributed by atoms with Gasteiger partial charge < -0.3 is 18.9 Å². The molecule has 3 heterocycles. The first-order chi connectivity index (χ1) is 15.2. The van der Waals surface area contributed by atoms with Crippen LogP contribution in [0.15, 0.2) is 55.0 Å². The number of carbonyl (C=O) groups excluding carboxylic acids is 1. The van der Waals surface area contributed by atoms with Gasteiger partial charge in [0.15, 0.2) is 0 Å². The number of amides is 1. The molecule has 2 aromatic heterocycles. The second-order valence-corrected chi connectivity index (χ2v) is 7.85. The van der Waals surface area contributed by atoms with E-state index in [1.807, 2.05) is 52.1 Å². The van der Waals surface area contributed by atoms with Crippen LogP contribution in [0.1, 0.15) is 12.0 Å². The zero-order valence-electron chi connectivity index (χ0n) is 18.1. The number of rotatable bonds is 9. The Hall–Kier alpha value is -2.90. The highest BCUT2D eigenvalue weighted by molar-refractivity contribution is 5.84. The molecule has 0 aliphatic carbocycles. The van der Waals surface area contributed by atoms with Crippen LogP contribution in [0.5, 0.6) is 5.75 Å². The van der Waals surface area contributed by atoms with Crippen molar-refractivity contribution in [2.24, 2.45) is 0 Å². The molecule has 1 aliphatic heterocycles. The molecule has 1 fully saturated rings. The summed E-state index contributed by atoms with van der Waals surface area (Å²) in [5.41, 5.74) is 2.13. The highest BCUT2D eigenvalue weighted by Crippen LogP contribution is 2.22. The van der Waals surface area contributed by atoms with E-state index in [2.05, 4.69) is 9.88 Å². The average Bonchev–Trinajstić information content (AvgIpc) is 3.21. The topological polar surface area (TPSA) is 59.8 Å². The number of carbonyl (C=O) groups is 1. The standard InChI is InChI=1S/C24H30N4O3/c1-30-22-3-4-23-21(17-22)7-12-27(23)19-24(29)28(18-20-5-8-25-9-6-20)11-2-10-26-13-15-31-16-14-26/h3-9,12,17H,2,10-11,13-16,18-19H2,1H3. The summed E-state index contributed by atoms with van der Waals surface area (Å²) in [6.07, 6.45) is 6.47. The minimum absolute atomic E-state index is 0.118. The van der Waals surface area contributed by atoms with E-state index in [1.165, 1.54) is 0 Å². The molecule has 0 atom stereocenters. The van der Waals surface area contributed by atoms with Gasteiger partial charge in [-0.2, -0.15) is 0 Å². The summed E-state index contributed by atoms with van der Waals surface area (Å²) in [6.45, 7) is 6.15. The van der Waals surface area contributed by atoms with Gasteiger partial charge >= 0.3 is 0 Å². The Morgan fingerprint density at radius 3 is 2.74 bits per heavy atom. The SMILES string of the molecule is COc1ccc2c(ccn2CC(=O)N(CCCN2CCOCC2)Cc2ccncc2)c1. The summed E-state index contributed by atoms with van der Waals surface area (Å²) >= 11 is 0. The average molecular weight is 423 g/mol. The molecule has 1 saturated heterocycles. The number of fused-ring (bicyclic) bond motifs is 1. The Balaban J connectivity index is 1.43. The molecular weight excluding hydrogens is 392 g/mol. The van der Waals surface area contributed by atoms with Gasteiger partial charge in [0, 0.05) is 62.2 Å². The quantitative estimate of drug-likeness (QED) is 0.531. The second-order valence-electron chi connectivity index (χ2n) is 7.85. The molecule has 164 valence electrons. The zero-order valence-corrected chi connectivity index (χ0v) is 18.1. The molecule has 1 aromatic carbocycles. The maximum atomic E-state index is 13.3. The molecular formula is C24H30N4O3. The van der Waals surface area contributed by atoms with Crippen molar-refractivity contribution in [1.82, 2.24) is 19.4 Å². The molecule has 0 bridgehead atoms. The van der Waals surface area contributed by atoms with Crippen molar-refractivity contribution < 1.29 is 14.3 Å². The van der Waals surface area contributed by atoms with Crippen LogP contribution in [-0.4, -0.2) is 71.8 Å². The highest BCUT2D eigenvalue weighted by Gasteiger charge is 2.17. The Morgan fingerprint density at radius 2 is 1.97 bits per heavy atom. The number of methoxy groups -OCH3 is 1. The van der Waals surface area contributed by atoms with Crippen molar-refractivity contribution in [3.63, 3.8) is 0 Å². The van der Waals surface area contributed by atoms with Gasteiger partial charge in [0.25, 0.3) is 0 Å². The van der Waals surface area contributed by atoms with Gasteiger partial charge in [0.1, 0.15) is 12.3 Å². The number of benzene rings is 1. The molecule has 0 N–H and O–H groups in total. The van der Waals surface area contributed by atoms with Crippen LogP contribution < -0.4 is 4.74 Å². The maximum Gasteiger partial charge on any atom is 0.242 e. The number of aromatic nitrogens is 2. The number of nitrogens with zero attached hydrogens (tertiary/aromatic N) is 4. The molecule has 31 heavy (non-hydrogen) atoms. The van der Waals surface area contributed by atoms with Gasteiger partial charge in [-0.15, -0.1) is 0 Å². The van der Waals surface area contributed by atoms with E-state index in [0.717, 1.165) is 68.0 Å². The van der Waals surface area contributed by atoms with Gasteiger partial charge in [-0.25, -0.2) is 0 Å². The number of hydrogen-bond donors (Lipinski definition) is 0.